The van der Waals surface area contributed by atoms with Crippen molar-refractivity contribution in [2.45, 2.75) is 0 Å². The van der Waals surface area contributed by atoms with E-state index in [4.69, 9.17) is 11.6 Å². The summed E-state index contributed by atoms with van der Waals surface area (Å²) >= 11 is 9.03. The van der Waals surface area contributed by atoms with Crippen molar-refractivity contribution in [3.63, 3.8) is 0 Å². The third-order valence-electron chi connectivity index (χ3n) is 3.43. The number of carbonyl (C=O) groups excluding carboxylic acids is 2. The number of aromatic amines is 1. The smallest absolute Gasteiger partial charge is 0.256 e. The van der Waals surface area contributed by atoms with Crippen LogP contribution in [0.1, 0.15) is 20.7 Å². The zero-order valence-corrected chi connectivity index (χ0v) is 16.0. The Morgan fingerprint density at radius 3 is 2.48 bits per heavy atom. The number of benzene rings is 1. The molecule has 0 unspecified atom stereocenters. The summed E-state index contributed by atoms with van der Waals surface area (Å²) in [6, 6.07) is 12.3. The molecule has 3 N–H and O–H groups in total. The Morgan fingerprint density at radius 1 is 1.00 bits per heavy atom. The number of halogens is 2. The predicted octanol–water partition coefficient (Wildman–Crippen LogP) is 3.69. The zero-order valence-electron chi connectivity index (χ0n) is 13.6. The van der Waals surface area contributed by atoms with Crippen molar-refractivity contribution >= 4 is 50.9 Å². The van der Waals surface area contributed by atoms with E-state index in [-0.39, 0.29) is 16.6 Å². The summed E-state index contributed by atoms with van der Waals surface area (Å²) in [4.78, 5) is 42.5. The van der Waals surface area contributed by atoms with E-state index in [0.29, 0.717) is 17.1 Å². The fourth-order valence-electron chi connectivity index (χ4n) is 2.22. The van der Waals surface area contributed by atoms with Crippen LogP contribution in [0.2, 0.25) is 5.15 Å². The lowest BCUT2D eigenvalue weighted by molar-refractivity contribution is 0.101. The largest absolute Gasteiger partial charge is 0.322 e. The standard InChI is InChI=1S/C18H12BrClN4O3/c19-12-4-5-15(21-9-12)24-17(26)10-2-1-3-13(6-10)22-18(27)11-7-14(20)23-16(25)8-11/h1-9H,(H,22,27)(H,23,25)(H,21,24,26). The van der Waals surface area contributed by atoms with Gasteiger partial charge in [0.1, 0.15) is 11.0 Å². The lowest BCUT2D eigenvalue weighted by atomic mass is 10.1. The van der Waals surface area contributed by atoms with Crippen molar-refractivity contribution in [2.75, 3.05) is 10.6 Å². The monoisotopic (exact) mass is 446 g/mol. The van der Waals surface area contributed by atoms with Crippen LogP contribution >= 0.6 is 27.5 Å². The van der Waals surface area contributed by atoms with Crippen molar-refractivity contribution in [1.82, 2.24) is 9.97 Å². The number of amides is 2. The Labute approximate surface area is 166 Å². The fourth-order valence-corrected chi connectivity index (χ4v) is 2.67. The van der Waals surface area contributed by atoms with Gasteiger partial charge in [-0.15, -0.1) is 0 Å². The molecule has 2 aromatic heterocycles. The quantitative estimate of drug-likeness (QED) is 0.531. The van der Waals surface area contributed by atoms with Crippen LogP contribution in [-0.4, -0.2) is 21.8 Å². The van der Waals surface area contributed by atoms with E-state index >= 15 is 0 Å². The molecule has 0 aliphatic heterocycles. The molecule has 0 saturated heterocycles. The molecule has 0 radical (unpaired) electrons. The number of pyridine rings is 2. The van der Waals surface area contributed by atoms with Gasteiger partial charge in [-0.25, -0.2) is 4.98 Å². The second-order valence-corrected chi connectivity index (χ2v) is 6.75. The lowest BCUT2D eigenvalue weighted by Gasteiger charge is -2.08. The highest BCUT2D eigenvalue weighted by Gasteiger charge is 2.11. The first-order chi connectivity index (χ1) is 12.9. The molecule has 1 aromatic carbocycles. The maximum Gasteiger partial charge on any atom is 0.256 e. The number of hydrogen-bond donors (Lipinski definition) is 3. The summed E-state index contributed by atoms with van der Waals surface area (Å²) in [6.07, 6.45) is 1.57. The highest BCUT2D eigenvalue weighted by Crippen LogP contribution is 2.15. The van der Waals surface area contributed by atoms with Gasteiger partial charge in [0.05, 0.1) is 0 Å². The van der Waals surface area contributed by atoms with Gasteiger partial charge in [-0.2, -0.15) is 0 Å². The molecular weight excluding hydrogens is 436 g/mol. The average molecular weight is 448 g/mol. The van der Waals surface area contributed by atoms with Gasteiger partial charge in [-0.05, 0) is 52.3 Å². The molecule has 136 valence electrons. The second kappa shape index (κ2) is 8.15. The Morgan fingerprint density at radius 2 is 1.78 bits per heavy atom. The molecule has 0 aliphatic carbocycles. The Kier molecular flexibility index (Phi) is 5.68. The number of nitrogens with zero attached hydrogens (tertiary/aromatic N) is 1. The van der Waals surface area contributed by atoms with E-state index in [0.717, 1.165) is 10.5 Å². The summed E-state index contributed by atoms with van der Waals surface area (Å²) in [5, 5.41) is 5.35. The van der Waals surface area contributed by atoms with Crippen molar-refractivity contribution in [2.24, 2.45) is 0 Å². The highest BCUT2D eigenvalue weighted by atomic mass is 79.9. The number of hydrogen-bond acceptors (Lipinski definition) is 4. The molecule has 3 rings (SSSR count). The van der Waals surface area contributed by atoms with Crippen molar-refractivity contribution in [3.8, 4) is 0 Å². The minimum absolute atomic E-state index is 0.0581. The summed E-state index contributed by atoms with van der Waals surface area (Å²) in [6.45, 7) is 0. The van der Waals surface area contributed by atoms with Gasteiger partial charge in [0, 0.05) is 33.6 Å². The summed E-state index contributed by atoms with van der Waals surface area (Å²) in [7, 11) is 0. The second-order valence-electron chi connectivity index (χ2n) is 5.43. The Bertz CT molecular complexity index is 1070. The summed E-state index contributed by atoms with van der Waals surface area (Å²) in [5.74, 6) is -0.494. The van der Waals surface area contributed by atoms with Crippen LogP contribution < -0.4 is 16.2 Å². The third kappa shape index (κ3) is 5.02. The number of carbonyl (C=O) groups is 2. The van der Waals surface area contributed by atoms with Gasteiger partial charge in [0.15, 0.2) is 0 Å². The maximum absolute atomic E-state index is 12.4. The normalized spacial score (nSPS) is 10.3. The van der Waals surface area contributed by atoms with Crippen molar-refractivity contribution in [1.29, 1.82) is 0 Å². The molecule has 0 spiro atoms. The number of aromatic nitrogens is 2. The van der Waals surface area contributed by atoms with Crippen LogP contribution in [0.4, 0.5) is 11.5 Å². The molecule has 0 bridgehead atoms. The molecule has 0 saturated carbocycles. The first-order valence-electron chi connectivity index (χ1n) is 7.65. The number of anilines is 2. The van der Waals surface area contributed by atoms with E-state index < -0.39 is 11.5 Å². The predicted molar refractivity (Wildman–Crippen MR) is 106 cm³/mol. The molecular formula is C18H12BrClN4O3. The first-order valence-corrected chi connectivity index (χ1v) is 8.82. The third-order valence-corrected chi connectivity index (χ3v) is 4.10. The van der Waals surface area contributed by atoms with Crippen LogP contribution in [0.15, 0.2) is 64.0 Å². The molecule has 0 fully saturated rings. The molecule has 7 nitrogen and oxygen atoms in total. The van der Waals surface area contributed by atoms with Crippen molar-refractivity contribution < 1.29 is 9.59 Å². The van der Waals surface area contributed by atoms with Crippen LogP contribution in [-0.2, 0) is 0 Å². The van der Waals surface area contributed by atoms with Crippen LogP contribution in [0.3, 0.4) is 0 Å². The average Bonchev–Trinajstić information content (AvgIpc) is 2.63. The Balaban J connectivity index is 1.74. The number of rotatable bonds is 4. The van der Waals surface area contributed by atoms with Gasteiger partial charge in [-0.3, -0.25) is 14.4 Å². The van der Waals surface area contributed by atoms with Crippen molar-refractivity contribution in [3.05, 3.63) is 85.8 Å². The number of nitrogens with one attached hydrogen (secondary N) is 3. The summed E-state index contributed by atoms with van der Waals surface area (Å²) < 4.78 is 0.796. The van der Waals surface area contributed by atoms with E-state index in [1.165, 1.54) is 12.1 Å². The highest BCUT2D eigenvalue weighted by molar-refractivity contribution is 9.10. The molecule has 2 amide bonds. The topological polar surface area (TPSA) is 104 Å². The Hall–Kier alpha value is -2.97. The van der Waals surface area contributed by atoms with Gasteiger partial charge < -0.3 is 15.6 Å². The van der Waals surface area contributed by atoms with E-state index in [1.807, 2.05) is 0 Å². The zero-order chi connectivity index (χ0) is 19.4. The van der Waals surface area contributed by atoms with E-state index in [9.17, 15) is 14.4 Å². The first kappa shape index (κ1) is 18.8. The molecule has 2 heterocycles. The molecule has 9 heteroatoms. The molecule has 3 aromatic rings. The fraction of sp³-hybridized carbons (Fsp3) is 0. The van der Waals surface area contributed by atoms with Gasteiger partial charge in [0.2, 0.25) is 5.56 Å². The van der Waals surface area contributed by atoms with E-state index in [2.05, 4.69) is 36.5 Å². The van der Waals surface area contributed by atoms with Gasteiger partial charge >= 0.3 is 0 Å². The summed E-state index contributed by atoms with van der Waals surface area (Å²) in [5.41, 5.74) is 0.356. The lowest BCUT2D eigenvalue weighted by Crippen LogP contribution is -2.17. The minimum Gasteiger partial charge on any atom is -0.322 e. The van der Waals surface area contributed by atoms with Crippen LogP contribution in [0.25, 0.3) is 0 Å². The van der Waals surface area contributed by atoms with E-state index in [1.54, 1.807) is 36.5 Å². The maximum atomic E-state index is 12.4. The van der Waals surface area contributed by atoms with Crippen LogP contribution in [0.5, 0.6) is 0 Å². The SMILES string of the molecule is O=C(Nc1cccc(C(=O)Nc2ccc(Br)cn2)c1)c1cc(Cl)[nH]c(=O)c1. The molecule has 27 heavy (non-hydrogen) atoms. The van der Waals surface area contributed by atoms with Gasteiger partial charge in [-0.1, -0.05) is 17.7 Å². The van der Waals surface area contributed by atoms with Gasteiger partial charge in [0.25, 0.3) is 11.8 Å². The number of H-pyrrole nitrogens is 1. The minimum atomic E-state index is -0.518. The van der Waals surface area contributed by atoms with Crippen LogP contribution in [0, 0.1) is 0 Å². The molecule has 0 aliphatic rings. The molecule has 0 atom stereocenters.